The van der Waals surface area contributed by atoms with E-state index in [1.807, 2.05) is 24.3 Å². The van der Waals surface area contributed by atoms with E-state index in [2.05, 4.69) is 17.6 Å². The summed E-state index contributed by atoms with van der Waals surface area (Å²) in [5.41, 5.74) is 1.91. The summed E-state index contributed by atoms with van der Waals surface area (Å²) in [6.45, 7) is 2.76. The molecule has 1 aromatic heterocycles. The van der Waals surface area contributed by atoms with Gasteiger partial charge in [0.1, 0.15) is 6.04 Å². The van der Waals surface area contributed by atoms with Crippen molar-refractivity contribution in [3.05, 3.63) is 59.5 Å². The predicted molar refractivity (Wildman–Crippen MR) is 131 cm³/mol. The van der Waals surface area contributed by atoms with Gasteiger partial charge in [-0.1, -0.05) is 44.0 Å². The molecule has 4 rings (SSSR count). The number of rotatable bonds is 10. The number of carbonyl (C=O) groups excluding carboxylic acids is 3. The molecular formula is C27H35N3O5. The maximum atomic E-state index is 13.7. The monoisotopic (exact) mass is 481 g/mol. The van der Waals surface area contributed by atoms with Gasteiger partial charge in [0.2, 0.25) is 11.8 Å². The van der Waals surface area contributed by atoms with E-state index in [1.54, 1.807) is 11.0 Å². The maximum Gasteiger partial charge on any atom is 0.287 e. The molecule has 8 heteroatoms. The van der Waals surface area contributed by atoms with Crippen LogP contribution >= 0.6 is 0 Å². The molecule has 1 saturated carbocycles. The molecule has 8 nitrogen and oxygen atoms in total. The zero-order chi connectivity index (χ0) is 24.6. The quantitative estimate of drug-likeness (QED) is 0.542. The fourth-order valence-electron chi connectivity index (χ4n) is 4.87. The molecule has 0 bridgehead atoms. The minimum absolute atomic E-state index is 0.123. The van der Waals surface area contributed by atoms with Crippen LogP contribution in [0.5, 0.6) is 0 Å². The minimum Gasteiger partial charge on any atom is -0.459 e. The smallest absolute Gasteiger partial charge is 0.287 e. The van der Waals surface area contributed by atoms with Crippen molar-refractivity contribution in [3.63, 3.8) is 0 Å². The zero-order valence-corrected chi connectivity index (χ0v) is 20.3. The highest BCUT2D eigenvalue weighted by Crippen LogP contribution is 2.27. The van der Waals surface area contributed by atoms with Gasteiger partial charge in [-0.2, -0.15) is 0 Å². The summed E-state index contributed by atoms with van der Waals surface area (Å²) in [7, 11) is 0. The standard InChI is InChI=1S/C27H35N3O5/c1-2-19-11-13-20(14-12-19)25(27(33)29-21-7-3-4-8-21)30(18-22-9-5-15-34-22)24(31)17-28-26(32)23-10-6-16-35-23/h6,10-14,16,21-22,25H,2-5,7-9,15,17-18H2,1H3,(H,28,32)(H,29,33)/t22-,25-/m1/s1. The van der Waals surface area contributed by atoms with Crippen molar-refractivity contribution in [2.75, 3.05) is 19.7 Å². The third kappa shape index (κ3) is 6.51. The SMILES string of the molecule is CCc1ccc([C@H](C(=O)NC2CCCC2)N(C[C@H]2CCCO2)C(=O)CNC(=O)c2ccco2)cc1. The molecule has 1 aliphatic carbocycles. The van der Waals surface area contributed by atoms with Crippen LogP contribution in [0.4, 0.5) is 0 Å². The molecular weight excluding hydrogens is 446 g/mol. The summed E-state index contributed by atoms with van der Waals surface area (Å²) < 4.78 is 11.0. The average molecular weight is 482 g/mol. The molecule has 1 aromatic carbocycles. The fourth-order valence-corrected chi connectivity index (χ4v) is 4.87. The lowest BCUT2D eigenvalue weighted by atomic mass is 10.00. The van der Waals surface area contributed by atoms with Gasteiger partial charge >= 0.3 is 0 Å². The Bertz CT molecular complexity index is 977. The predicted octanol–water partition coefficient (Wildman–Crippen LogP) is 3.38. The molecule has 1 aliphatic heterocycles. The first kappa shape index (κ1) is 25.0. The molecule has 2 atom stereocenters. The average Bonchev–Trinajstić information content (AvgIpc) is 3.66. The lowest BCUT2D eigenvalue weighted by molar-refractivity contribution is -0.142. The topological polar surface area (TPSA) is 101 Å². The molecule has 2 fully saturated rings. The van der Waals surface area contributed by atoms with E-state index in [9.17, 15) is 14.4 Å². The normalized spacial score (nSPS) is 18.8. The number of amides is 3. The molecule has 2 N–H and O–H groups in total. The van der Waals surface area contributed by atoms with Crippen molar-refractivity contribution in [2.24, 2.45) is 0 Å². The highest BCUT2D eigenvalue weighted by atomic mass is 16.5. The van der Waals surface area contributed by atoms with Gasteiger partial charge in [-0.15, -0.1) is 0 Å². The van der Waals surface area contributed by atoms with Gasteiger partial charge < -0.3 is 24.7 Å². The molecule has 0 radical (unpaired) electrons. The van der Waals surface area contributed by atoms with Crippen LogP contribution in [0, 0.1) is 0 Å². The number of hydrogen-bond donors (Lipinski definition) is 2. The molecule has 2 heterocycles. The van der Waals surface area contributed by atoms with E-state index < -0.39 is 11.9 Å². The summed E-state index contributed by atoms with van der Waals surface area (Å²) in [5.74, 6) is -0.870. The minimum atomic E-state index is -0.807. The molecule has 35 heavy (non-hydrogen) atoms. The van der Waals surface area contributed by atoms with Gasteiger partial charge in [-0.25, -0.2) is 0 Å². The second-order valence-electron chi connectivity index (χ2n) is 9.33. The van der Waals surface area contributed by atoms with Crippen molar-refractivity contribution in [3.8, 4) is 0 Å². The Morgan fingerprint density at radius 2 is 1.83 bits per heavy atom. The van der Waals surface area contributed by atoms with E-state index in [-0.39, 0.29) is 42.8 Å². The third-order valence-electron chi connectivity index (χ3n) is 6.86. The Balaban J connectivity index is 1.58. The first-order chi connectivity index (χ1) is 17.0. The van der Waals surface area contributed by atoms with E-state index in [0.717, 1.165) is 56.1 Å². The molecule has 0 unspecified atom stereocenters. The summed E-state index contributed by atoms with van der Waals surface area (Å²) >= 11 is 0. The summed E-state index contributed by atoms with van der Waals surface area (Å²) in [6.07, 6.45) is 7.99. The largest absolute Gasteiger partial charge is 0.459 e. The number of nitrogens with one attached hydrogen (secondary N) is 2. The van der Waals surface area contributed by atoms with Crippen LogP contribution in [0.25, 0.3) is 0 Å². The van der Waals surface area contributed by atoms with Crippen LogP contribution in [0.2, 0.25) is 0 Å². The van der Waals surface area contributed by atoms with Gasteiger partial charge in [0.25, 0.3) is 5.91 Å². The first-order valence-electron chi connectivity index (χ1n) is 12.7. The van der Waals surface area contributed by atoms with Crippen molar-refractivity contribution in [1.82, 2.24) is 15.5 Å². The summed E-state index contributed by atoms with van der Waals surface area (Å²) in [5, 5.41) is 5.81. The molecule has 2 aromatic rings. The van der Waals surface area contributed by atoms with Crippen LogP contribution in [0.15, 0.2) is 47.1 Å². The Labute approximate surface area is 206 Å². The zero-order valence-electron chi connectivity index (χ0n) is 20.3. The number of benzene rings is 1. The van der Waals surface area contributed by atoms with Crippen LogP contribution in [0.1, 0.15) is 73.2 Å². The van der Waals surface area contributed by atoms with Crippen molar-refractivity contribution in [2.45, 2.75) is 70.1 Å². The first-order valence-corrected chi connectivity index (χ1v) is 12.7. The number of carbonyl (C=O) groups is 3. The van der Waals surface area contributed by atoms with Crippen LogP contribution in [-0.4, -0.2) is 54.5 Å². The van der Waals surface area contributed by atoms with Crippen LogP contribution in [-0.2, 0) is 20.7 Å². The Morgan fingerprint density at radius 1 is 1.06 bits per heavy atom. The summed E-state index contributed by atoms with van der Waals surface area (Å²) in [6, 6.07) is 10.3. The van der Waals surface area contributed by atoms with E-state index >= 15 is 0 Å². The van der Waals surface area contributed by atoms with Gasteiger partial charge in [0.05, 0.1) is 18.9 Å². The third-order valence-corrected chi connectivity index (χ3v) is 6.86. The lowest BCUT2D eigenvalue weighted by Gasteiger charge is -2.34. The number of furan rings is 1. The van der Waals surface area contributed by atoms with Crippen molar-refractivity contribution >= 4 is 17.7 Å². The van der Waals surface area contributed by atoms with Crippen LogP contribution in [0.3, 0.4) is 0 Å². The molecule has 1 saturated heterocycles. The van der Waals surface area contributed by atoms with Gasteiger partial charge in [0, 0.05) is 19.2 Å². The highest BCUT2D eigenvalue weighted by molar-refractivity contribution is 5.95. The second kappa shape index (κ2) is 12.0. The van der Waals surface area contributed by atoms with Crippen molar-refractivity contribution < 1.29 is 23.5 Å². The number of hydrogen-bond acceptors (Lipinski definition) is 5. The summed E-state index contributed by atoms with van der Waals surface area (Å²) in [4.78, 5) is 41.1. The number of aryl methyl sites for hydroxylation is 1. The van der Waals surface area contributed by atoms with Crippen LogP contribution < -0.4 is 10.6 Å². The number of ether oxygens (including phenoxy) is 1. The van der Waals surface area contributed by atoms with E-state index in [4.69, 9.17) is 9.15 Å². The van der Waals surface area contributed by atoms with Gasteiger partial charge in [-0.3, -0.25) is 14.4 Å². The molecule has 2 aliphatic rings. The molecule has 188 valence electrons. The maximum absolute atomic E-state index is 13.7. The fraction of sp³-hybridized carbons (Fsp3) is 0.519. The molecule has 0 spiro atoms. The molecule has 3 amide bonds. The Hall–Kier alpha value is -3.13. The van der Waals surface area contributed by atoms with E-state index in [1.165, 1.54) is 12.3 Å². The second-order valence-corrected chi connectivity index (χ2v) is 9.33. The lowest BCUT2D eigenvalue weighted by Crippen LogP contribution is -2.50. The van der Waals surface area contributed by atoms with Gasteiger partial charge in [0.15, 0.2) is 5.76 Å². The number of nitrogens with zero attached hydrogens (tertiary/aromatic N) is 1. The van der Waals surface area contributed by atoms with E-state index in [0.29, 0.717) is 6.61 Å². The van der Waals surface area contributed by atoms with Gasteiger partial charge in [-0.05, 0) is 55.4 Å². The highest BCUT2D eigenvalue weighted by Gasteiger charge is 2.35. The Kier molecular flexibility index (Phi) is 8.58. The Morgan fingerprint density at radius 3 is 2.46 bits per heavy atom. The van der Waals surface area contributed by atoms with Crippen molar-refractivity contribution in [1.29, 1.82) is 0 Å².